The normalized spacial score (nSPS) is 38.3. The van der Waals surface area contributed by atoms with Gasteiger partial charge in [0.2, 0.25) is 0 Å². The molecule has 1 aliphatic heterocycles. The molecule has 2 aliphatic rings. The summed E-state index contributed by atoms with van der Waals surface area (Å²) in [4.78, 5) is 0. The van der Waals surface area contributed by atoms with Crippen LogP contribution < -0.4 is 0 Å². The lowest BCUT2D eigenvalue weighted by atomic mass is 9.92. The first-order valence-electron chi connectivity index (χ1n) is 7.11. The topological polar surface area (TPSA) is 38.7 Å². The van der Waals surface area contributed by atoms with Crippen molar-refractivity contribution in [3.8, 4) is 11.8 Å². The van der Waals surface area contributed by atoms with Gasteiger partial charge >= 0.3 is 0 Å². The molecule has 1 heterocycles. The van der Waals surface area contributed by atoms with E-state index in [2.05, 4.69) is 18.8 Å². The summed E-state index contributed by atoms with van der Waals surface area (Å²) in [6, 6.07) is 0. The van der Waals surface area contributed by atoms with Crippen molar-refractivity contribution in [2.24, 2.45) is 11.8 Å². The third kappa shape index (κ3) is 3.06. The SMILES string of the molecule is CCCCCC#C[C@H]1[C@@H]2C[C@@H](OC)O[C@@H]2C[C@@H]1O. The Kier molecular flexibility index (Phi) is 5.05. The minimum absolute atomic E-state index is 0.0803. The average Bonchev–Trinajstić information content (AvgIpc) is 2.87. The molecule has 1 saturated heterocycles. The fraction of sp³-hybridized carbons (Fsp3) is 0.867. The van der Waals surface area contributed by atoms with E-state index in [0.29, 0.717) is 12.3 Å². The van der Waals surface area contributed by atoms with Crippen LogP contribution in [0.15, 0.2) is 0 Å². The summed E-state index contributed by atoms with van der Waals surface area (Å²) < 4.78 is 11.0. The molecule has 0 aromatic carbocycles. The summed E-state index contributed by atoms with van der Waals surface area (Å²) in [5.41, 5.74) is 0. The first-order valence-corrected chi connectivity index (χ1v) is 7.11. The van der Waals surface area contributed by atoms with E-state index >= 15 is 0 Å². The Balaban J connectivity index is 1.87. The van der Waals surface area contributed by atoms with E-state index in [0.717, 1.165) is 19.3 Å². The maximum Gasteiger partial charge on any atom is 0.157 e. The molecular formula is C15H24O3. The summed E-state index contributed by atoms with van der Waals surface area (Å²) >= 11 is 0. The molecule has 5 atom stereocenters. The largest absolute Gasteiger partial charge is 0.392 e. The lowest BCUT2D eigenvalue weighted by Gasteiger charge is -2.14. The monoisotopic (exact) mass is 252 g/mol. The fourth-order valence-corrected chi connectivity index (χ4v) is 3.01. The molecule has 102 valence electrons. The molecule has 0 aromatic rings. The van der Waals surface area contributed by atoms with Gasteiger partial charge in [-0.05, 0) is 6.42 Å². The van der Waals surface area contributed by atoms with Crippen LogP contribution in [0.3, 0.4) is 0 Å². The third-order valence-electron chi connectivity index (χ3n) is 4.06. The number of aliphatic hydroxyl groups is 1. The smallest absolute Gasteiger partial charge is 0.157 e. The molecule has 1 saturated carbocycles. The van der Waals surface area contributed by atoms with Crippen LogP contribution in [0.5, 0.6) is 0 Å². The summed E-state index contributed by atoms with van der Waals surface area (Å²) in [6.07, 6.45) is 5.87. The molecule has 0 unspecified atom stereocenters. The molecule has 0 aromatic heterocycles. The molecule has 2 fully saturated rings. The van der Waals surface area contributed by atoms with E-state index < -0.39 is 0 Å². The second-order valence-electron chi connectivity index (χ2n) is 5.35. The number of hydrogen-bond acceptors (Lipinski definition) is 3. The average molecular weight is 252 g/mol. The molecule has 1 aliphatic carbocycles. The molecule has 1 N–H and O–H groups in total. The summed E-state index contributed by atoms with van der Waals surface area (Å²) in [5.74, 6) is 6.93. The number of hydrogen-bond donors (Lipinski definition) is 1. The molecule has 0 radical (unpaired) electrons. The van der Waals surface area contributed by atoms with Gasteiger partial charge in [-0.2, -0.15) is 0 Å². The first-order chi connectivity index (χ1) is 8.76. The zero-order valence-electron chi connectivity index (χ0n) is 11.4. The highest BCUT2D eigenvalue weighted by atomic mass is 16.7. The molecule has 3 nitrogen and oxygen atoms in total. The van der Waals surface area contributed by atoms with Crippen molar-refractivity contribution in [1.82, 2.24) is 0 Å². The van der Waals surface area contributed by atoms with Crippen molar-refractivity contribution >= 4 is 0 Å². The van der Waals surface area contributed by atoms with Gasteiger partial charge < -0.3 is 14.6 Å². The fourth-order valence-electron chi connectivity index (χ4n) is 3.01. The molecule has 0 amide bonds. The van der Waals surface area contributed by atoms with Crippen LogP contribution in [-0.2, 0) is 9.47 Å². The minimum atomic E-state index is -0.323. The van der Waals surface area contributed by atoms with Crippen molar-refractivity contribution in [2.45, 2.75) is 63.9 Å². The Morgan fingerprint density at radius 1 is 1.33 bits per heavy atom. The van der Waals surface area contributed by atoms with Gasteiger partial charge in [-0.3, -0.25) is 0 Å². The summed E-state index contributed by atoms with van der Waals surface area (Å²) in [5, 5.41) is 10.0. The van der Waals surface area contributed by atoms with Gasteiger partial charge in [-0.15, -0.1) is 5.92 Å². The Hall–Kier alpha value is -0.560. The van der Waals surface area contributed by atoms with E-state index in [9.17, 15) is 5.11 Å². The van der Waals surface area contributed by atoms with Crippen LogP contribution in [0.2, 0.25) is 0 Å². The summed E-state index contributed by atoms with van der Waals surface area (Å²) in [6.45, 7) is 2.19. The number of methoxy groups -OCH3 is 1. The number of ether oxygens (including phenoxy) is 2. The zero-order valence-corrected chi connectivity index (χ0v) is 11.4. The van der Waals surface area contributed by atoms with Crippen molar-refractivity contribution in [3.63, 3.8) is 0 Å². The Morgan fingerprint density at radius 3 is 2.89 bits per heavy atom. The highest BCUT2D eigenvalue weighted by Gasteiger charge is 2.48. The van der Waals surface area contributed by atoms with Crippen LogP contribution >= 0.6 is 0 Å². The molecule has 18 heavy (non-hydrogen) atoms. The van der Waals surface area contributed by atoms with E-state index in [1.807, 2.05) is 0 Å². The van der Waals surface area contributed by atoms with E-state index in [4.69, 9.17) is 9.47 Å². The Labute approximate surface area is 110 Å². The van der Waals surface area contributed by atoms with Gasteiger partial charge in [0.25, 0.3) is 0 Å². The maximum atomic E-state index is 10.0. The lowest BCUT2D eigenvalue weighted by molar-refractivity contribution is -0.118. The van der Waals surface area contributed by atoms with Gasteiger partial charge in [0, 0.05) is 32.3 Å². The highest BCUT2D eigenvalue weighted by molar-refractivity contribution is 5.13. The molecular weight excluding hydrogens is 228 g/mol. The second kappa shape index (κ2) is 6.56. The molecule has 2 rings (SSSR count). The van der Waals surface area contributed by atoms with E-state index in [-0.39, 0.29) is 24.4 Å². The number of aliphatic hydroxyl groups excluding tert-OH is 1. The molecule has 0 spiro atoms. The third-order valence-corrected chi connectivity index (χ3v) is 4.06. The predicted octanol–water partition coefficient (Wildman–Crippen LogP) is 2.33. The number of fused-ring (bicyclic) bond motifs is 1. The van der Waals surface area contributed by atoms with Gasteiger partial charge in [0.15, 0.2) is 6.29 Å². The molecule has 3 heteroatoms. The first kappa shape index (κ1) is 13.9. The minimum Gasteiger partial charge on any atom is -0.392 e. The van der Waals surface area contributed by atoms with Crippen LogP contribution in [-0.4, -0.2) is 30.7 Å². The van der Waals surface area contributed by atoms with Crippen molar-refractivity contribution in [1.29, 1.82) is 0 Å². The van der Waals surface area contributed by atoms with Crippen molar-refractivity contribution in [2.75, 3.05) is 7.11 Å². The standard InChI is InChI=1S/C15H24O3/c1-3-4-5-6-7-8-11-12-9-15(17-2)18-14(12)10-13(11)16/h11-16H,3-6,9-10H2,1-2H3/t11-,12-,13-,14+,15-/m0/s1. The quantitative estimate of drug-likeness (QED) is 0.616. The zero-order chi connectivity index (χ0) is 13.0. The van der Waals surface area contributed by atoms with Crippen LogP contribution in [0.1, 0.15) is 45.4 Å². The van der Waals surface area contributed by atoms with Gasteiger partial charge in [0.1, 0.15) is 0 Å². The van der Waals surface area contributed by atoms with Gasteiger partial charge in [-0.1, -0.05) is 25.7 Å². The number of unbranched alkanes of at least 4 members (excludes halogenated alkanes) is 3. The predicted molar refractivity (Wildman–Crippen MR) is 69.8 cm³/mol. The molecule has 0 bridgehead atoms. The second-order valence-corrected chi connectivity index (χ2v) is 5.35. The van der Waals surface area contributed by atoms with Crippen molar-refractivity contribution in [3.05, 3.63) is 0 Å². The highest BCUT2D eigenvalue weighted by Crippen LogP contribution is 2.43. The van der Waals surface area contributed by atoms with Crippen LogP contribution in [0.25, 0.3) is 0 Å². The Bertz CT molecular complexity index is 317. The lowest BCUT2D eigenvalue weighted by Crippen LogP contribution is -2.19. The summed E-state index contributed by atoms with van der Waals surface area (Å²) in [7, 11) is 1.67. The van der Waals surface area contributed by atoms with Gasteiger partial charge in [0.05, 0.1) is 18.1 Å². The van der Waals surface area contributed by atoms with E-state index in [1.54, 1.807) is 7.11 Å². The van der Waals surface area contributed by atoms with Crippen LogP contribution in [0, 0.1) is 23.7 Å². The number of rotatable bonds is 4. The van der Waals surface area contributed by atoms with Crippen LogP contribution in [0.4, 0.5) is 0 Å². The van der Waals surface area contributed by atoms with Gasteiger partial charge in [-0.25, -0.2) is 0 Å². The van der Waals surface area contributed by atoms with Crippen molar-refractivity contribution < 1.29 is 14.6 Å². The maximum absolute atomic E-state index is 10.0. The Morgan fingerprint density at radius 2 is 2.17 bits per heavy atom. The van der Waals surface area contributed by atoms with E-state index in [1.165, 1.54) is 12.8 Å².